The van der Waals surface area contributed by atoms with Crippen LogP contribution < -0.4 is 18.9 Å². The second kappa shape index (κ2) is 8.43. The lowest BCUT2D eigenvalue weighted by molar-refractivity contribution is 0.104. The van der Waals surface area contributed by atoms with Crippen LogP contribution in [0.4, 0.5) is 0 Å². The summed E-state index contributed by atoms with van der Waals surface area (Å²) < 4.78 is 22.0. The minimum absolute atomic E-state index is 0.103. The van der Waals surface area contributed by atoms with Crippen molar-refractivity contribution in [2.45, 2.75) is 13.3 Å². The van der Waals surface area contributed by atoms with E-state index in [1.807, 2.05) is 25.1 Å². The highest BCUT2D eigenvalue weighted by Crippen LogP contribution is 2.31. The fourth-order valence-electron chi connectivity index (χ4n) is 2.59. The summed E-state index contributed by atoms with van der Waals surface area (Å²) in [4.78, 5) is 12.4. The summed E-state index contributed by atoms with van der Waals surface area (Å²) in [6.07, 6.45) is 4.21. The molecule has 0 saturated heterocycles. The van der Waals surface area contributed by atoms with Gasteiger partial charge in [0.2, 0.25) is 0 Å². The van der Waals surface area contributed by atoms with Crippen molar-refractivity contribution in [3.8, 4) is 23.0 Å². The van der Waals surface area contributed by atoms with Gasteiger partial charge in [-0.25, -0.2) is 0 Å². The Morgan fingerprint density at radius 3 is 2.65 bits per heavy atom. The van der Waals surface area contributed by atoms with E-state index in [1.165, 1.54) is 6.08 Å². The highest BCUT2D eigenvalue weighted by molar-refractivity contribution is 6.07. The van der Waals surface area contributed by atoms with Crippen LogP contribution in [0.2, 0.25) is 0 Å². The lowest BCUT2D eigenvalue weighted by atomic mass is 10.1. The molecule has 1 aliphatic heterocycles. The number of methoxy groups -OCH3 is 1. The van der Waals surface area contributed by atoms with Gasteiger partial charge in [-0.05, 0) is 48.4 Å². The number of carbonyl (C=O) groups is 1. The number of rotatable bonds is 7. The van der Waals surface area contributed by atoms with E-state index in [-0.39, 0.29) is 5.78 Å². The quantitative estimate of drug-likeness (QED) is 0.552. The number of ketones is 1. The van der Waals surface area contributed by atoms with Crippen molar-refractivity contribution in [3.63, 3.8) is 0 Å². The van der Waals surface area contributed by atoms with Crippen LogP contribution in [-0.4, -0.2) is 32.7 Å². The van der Waals surface area contributed by atoms with Gasteiger partial charge in [0.05, 0.1) is 13.7 Å². The summed E-state index contributed by atoms with van der Waals surface area (Å²) in [5, 5.41) is 0. The average molecular weight is 354 g/mol. The molecule has 0 fully saturated rings. The van der Waals surface area contributed by atoms with E-state index in [2.05, 4.69) is 0 Å². The van der Waals surface area contributed by atoms with Gasteiger partial charge in [0.25, 0.3) is 0 Å². The predicted molar refractivity (Wildman–Crippen MR) is 99.6 cm³/mol. The summed E-state index contributed by atoms with van der Waals surface area (Å²) in [7, 11) is 1.61. The molecule has 0 spiro atoms. The molecule has 0 N–H and O–H groups in total. The van der Waals surface area contributed by atoms with Gasteiger partial charge in [-0.2, -0.15) is 0 Å². The Balaban J connectivity index is 1.75. The van der Waals surface area contributed by atoms with Crippen molar-refractivity contribution in [1.29, 1.82) is 0 Å². The molecule has 1 heterocycles. The van der Waals surface area contributed by atoms with Gasteiger partial charge in [0.15, 0.2) is 28.8 Å². The molecular weight excluding hydrogens is 332 g/mol. The molecule has 0 aromatic heterocycles. The molecule has 2 aromatic carbocycles. The first kappa shape index (κ1) is 17.9. The van der Waals surface area contributed by atoms with E-state index in [0.29, 0.717) is 48.4 Å². The van der Waals surface area contributed by atoms with Gasteiger partial charge >= 0.3 is 0 Å². The summed E-state index contributed by atoms with van der Waals surface area (Å²) in [5.41, 5.74) is 1.42. The van der Waals surface area contributed by atoms with Crippen molar-refractivity contribution in [2.24, 2.45) is 0 Å². The van der Waals surface area contributed by atoms with Gasteiger partial charge < -0.3 is 18.9 Å². The van der Waals surface area contributed by atoms with Crippen molar-refractivity contribution in [2.75, 3.05) is 26.9 Å². The number of benzene rings is 2. The van der Waals surface area contributed by atoms with Crippen molar-refractivity contribution in [1.82, 2.24) is 0 Å². The Kier molecular flexibility index (Phi) is 5.79. The smallest absolute Gasteiger partial charge is 0.185 e. The Morgan fingerprint density at radius 1 is 1.08 bits per heavy atom. The normalized spacial score (nSPS) is 12.8. The third-order valence-electron chi connectivity index (χ3n) is 3.90. The molecular formula is C21H22O5. The van der Waals surface area contributed by atoms with Crippen LogP contribution in [0.5, 0.6) is 23.0 Å². The molecule has 136 valence electrons. The van der Waals surface area contributed by atoms with Gasteiger partial charge in [0, 0.05) is 5.56 Å². The van der Waals surface area contributed by atoms with Gasteiger partial charge in [0.1, 0.15) is 13.2 Å². The first-order chi connectivity index (χ1) is 12.7. The Labute approximate surface area is 153 Å². The summed E-state index contributed by atoms with van der Waals surface area (Å²) in [6, 6.07) is 10.8. The standard InChI is InChI=1S/C21H22O5/c1-3-10-24-20-13-15(5-8-18(20)23-2)4-7-17(22)16-6-9-19-21(14-16)26-12-11-25-19/h4-9,13-14H,3,10-12H2,1-2H3/b7-4+. The van der Waals surface area contributed by atoms with Crippen LogP contribution in [0.25, 0.3) is 6.08 Å². The minimum Gasteiger partial charge on any atom is -0.493 e. The predicted octanol–water partition coefficient (Wildman–Crippen LogP) is 4.15. The monoisotopic (exact) mass is 354 g/mol. The highest BCUT2D eigenvalue weighted by atomic mass is 16.6. The number of allylic oxidation sites excluding steroid dienone is 1. The summed E-state index contributed by atoms with van der Waals surface area (Å²) in [5.74, 6) is 2.52. The maximum atomic E-state index is 12.4. The van der Waals surface area contributed by atoms with Gasteiger partial charge in [-0.3, -0.25) is 4.79 Å². The molecule has 0 atom stereocenters. The molecule has 26 heavy (non-hydrogen) atoms. The SMILES string of the molecule is CCCOc1cc(/C=C/C(=O)c2ccc3c(c2)OCCO3)ccc1OC. The Hall–Kier alpha value is -2.95. The van der Waals surface area contributed by atoms with Crippen molar-refractivity contribution >= 4 is 11.9 Å². The summed E-state index contributed by atoms with van der Waals surface area (Å²) in [6.45, 7) is 3.68. The van der Waals surface area contributed by atoms with Gasteiger partial charge in [-0.15, -0.1) is 0 Å². The average Bonchev–Trinajstić information content (AvgIpc) is 2.70. The second-order valence-corrected chi connectivity index (χ2v) is 5.81. The zero-order valence-corrected chi connectivity index (χ0v) is 15.0. The molecule has 2 aromatic rings. The number of ether oxygens (including phenoxy) is 4. The fraction of sp³-hybridized carbons (Fsp3) is 0.286. The van der Waals surface area contributed by atoms with Crippen LogP contribution >= 0.6 is 0 Å². The molecule has 1 aliphatic rings. The van der Waals surface area contributed by atoms with E-state index in [1.54, 1.807) is 31.4 Å². The number of hydrogen-bond acceptors (Lipinski definition) is 5. The third-order valence-corrected chi connectivity index (χ3v) is 3.90. The van der Waals surface area contributed by atoms with Crippen molar-refractivity contribution < 1.29 is 23.7 Å². The largest absolute Gasteiger partial charge is 0.493 e. The topological polar surface area (TPSA) is 54.0 Å². The van der Waals surface area contributed by atoms with E-state index >= 15 is 0 Å². The molecule has 5 heteroatoms. The maximum Gasteiger partial charge on any atom is 0.185 e. The Morgan fingerprint density at radius 2 is 1.88 bits per heavy atom. The van der Waals surface area contributed by atoms with E-state index in [4.69, 9.17) is 18.9 Å². The van der Waals surface area contributed by atoms with Gasteiger partial charge in [-0.1, -0.05) is 19.1 Å². The number of fused-ring (bicyclic) bond motifs is 1. The zero-order valence-electron chi connectivity index (χ0n) is 15.0. The van der Waals surface area contributed by atoms with E-state index < -0.39 is 0 Å². The minimum atomic E-state index is -0.103. The lowest BCUT2D eigenvalue weighted by Gasteiger charge is -2.18. The van der Waals surface area contributed by atoms with E-state index in [9.17, 15) is 4.79 Å². The van der Waals surface area contributed by atoms with Crippen molar-refractivity contribution in [3.05, 3.63) is 53.6 Å². The first-order valence-corrected chi connectivity index (χ1v) is 8.64. The molecule has 0 unspecified atom stereocenters. The lowest BCUT2D eigenvalue weighted by Crippen LogP contribution is -2.15. The molecule has 0 saturated carbocycles. The molecule has 3 rings (SSSR count). The van der Waals surface area contributed by atoms with E-state index in [0.717, 1.165) is 12.0 Å². The molecule has 0 bridgehead atoms. The first-order valence-electron chi connectivity index (χ1n) is 8.64. The maximum absolute atomic E-state index is 12.4. The third kappa shape index (κ3) is 4.17. The van der Waals surface area contributed by atoms with Crippen LogP contribution in [-0.2, 0) is 0 Å². The highest BCUT2D eigenvalue weighted by Gasteiger charge is 2.13. The van der Waals surface area contributed by atoms with Crippen LogP contribution in [0.15, 0.2) is 42.5 Å². The second-order valence-electron chi connectivity index (χ2n) is 5.81. The van der Waals surface area contributed by atoms with Crippen LogP contribution in [0, 0.1) is 0 Å². The fourth-order valence-corrected chi connectivity index (χ4v) is 2.59. The number of carbonyl (C=O) groups excluding carboxylic acids is 1. The van der Waals surface area contributed by atoms with Crippen LogP contribution in [0.3, 0.4) is 0 Å². The van der Waals surface area contributed by atoms with Crippen LogP contribution in [0.1, 0.15) is 29.3 Å². The molecule has 5 nitrogen and oxygen atoms in total. The molecule has 0 aliphatic carbocycles. The zero-order chi connectivity index (χ0) is 18.4. The number of hydrogen-bond donors (Lipinski definition) is 0. The summed E-state index contributed by atoms with van der Waals surface area (Å²) >= 11 is 0. The molecule has 0 radical (unpaired) electrons. The molecule has 0 amide bonds. The Bertz CT molecular complexity index is 810.